The summed E-state index contributed by atoms with van der Waals surface area (Å²) in [4.78, 5) is 26.8. The standard InChI is InChI=1S/C20H22N2O3/c1-25-18-12-6-5-10-16(18)20(24)21-14-19(23)22-13-7-11-17(22)15-8-3-2-4-9-15/h2-6,8-10,12,17H,7,11,13-14H2,1H3,(H,21,24)/t17-/m1/s1. The highest BCUT2D eigenvalue weighted by Crippen LogP contribution is 2.31. The molecule has 0 saturated carbocycles. The molecular formula is C20H22N2O3. The molecule has 3 rings (SSSR count). The number of carbonyl (C=O) groups is 2. The lowest BCUT2D eigenvalue weighted by molar-refractivity contribution is -0.131. The van der Waals surface area contributed by atoms with E-state index < -0.39 is 0 Å². The van der Waals surface area contributed by atoms with E-state index in [9.17, 15) is 9.59 Å². The number of rotatable bonds is 5. The van der Waals surface area contributed by atoms with Crippen molar-refractivity contribution < 1.29 is 14.3 Å². The van der Waals surface area contributed by atoms with Crippen LogP contribution in [0.15, 0.2) is 54.6 Å². The van der Waals surface area contributed by atoms with Gasteiger partial charge in [-0.05, 0) is 30.5 Å². The van der Waals surface area contributed by atoms with E-state index in [0.717, 1.165) is 24.9 Å². The number of ether oxygens (including phenoxy) is 1. The van der Waals surface area contributed by atoms with Crippen molar-refractivity contribution in [1.29, 1.82) is 0 Å². The van der Waals surface area contributed by atoms with Gasteiger partial charge < -0.3 is 15.0 Å². The first-order chi connectivity index (χ1) is 12.2. The molecule has 0 aromatic heterocycles. The molecule has 0 radical (unpaired) electrons. The average molecular weight is 338 g/mol. The third-order valence-corrected chi connectivity index (χ3v) is 4.51. The third-order valence-electron chi connectivity index (χ3n) is 4.51. The quantitative estimate of drug-likeness (QED) is 0.912. The maximum Gasteiger partial charge on any atom is 0.255 e. The van der Waals surface area contributed by atoms with E-state index in [1.807, 2.05) is 35.2 Å². The smallest absolute Gasteiger partial charge is 0.255 e. The van der Waals surface area contributed by atoms with Crippen LogP contribution in [0.3, 0.4) is 0 Å². The average Bonchev–Trinajstić information content (AvgIpc) is 3.16. The highest BCUT2D eigenvalue weighted by atomic mass is 16.5. The molecule has 5 heteroatoms. The molecule has 2 aromatic rings. The van der Waals surface area contributed by atoms with E-state index in [0.29, 0.717) is 11.3 Å². The number of nitrogens with zero attached hydrogens (tertiary/aromatic N) is 1. The van der Waals surface area contributed by atoms with E-state index in [1.165, 1.54) is 7.11 Å². The van der Waals surface area contributed by atoms with Crippen LogP contribution in [0.5, 0.6) is 5.75 Å². The van der Waals surface area contributed by atoms with E-state index in [-0.39, 0.29) is 24.4 Å². The minimum Gasteiger partial charge on any atom is -0.496 e. The van der Waals surface area contributed by atoms with Gasteiger partial charge in [0, 0.05) is 6.54 Å². The highest BCUT2D eigenvalue weighted by molar-refractivity contribution is 5.98. The van der Waals surface area contributed by atoms with Gasteiger partial charge in [-0.1, -0.05) is 42.5 Å². The Hall–Kier alpha value is -2.82. The van der Waals surface area contributed by atoms with Crippen molar-refractivity contribution in [2.75, 3.05) is 20.2 Å². The molecule has 1 saturated heterocycles. The summed E-state index contributed by atoms with van der Waals surface area (Å²) in [6.07, 6.45) is 1.93. The van der Waals surface area contributed by atoms with Crippen molar-refractivity contribution in [3.63, 3.8) is 0 Å². The summed E-state index contributed by atoms with van der Waals surface area (Å²) >= 11 is 0. The lowest BCUT2D eigenvalue weighted by Gasteiger charge is -2.25. The molecule has 1 N–H and O–H groups in total. The van der Waals surface area contributed by atoms with Crippen LogP contribution in [0.2, 0.25) is 0 Å². The lowest BCUT2D eigenvalue weighted by atomic mass is 10.0. The normalized spacial score (nSPS) is 16.5. The van der Waals surface area contributed by atoms with Crippen LogP contribution in [0, 0.1) is 0 Å². The Kier molecular flexibility index (Phi) is 5.33. The van der Waals surface area contributed by atoms with Gasteiger partial charge in [0.2, 0.25) is 5.91 Å². The fraction of sp³-hybridized carbons (Fsp3) is 0.300. The van der Waals surface area contributed by atoms with Crippen LogP contribution in [0.1, 0.15) is 34.8 Å². The molecule has 0 unspecified atom stereocenters. The molecule has 5 nitrogen and oxygen atoms in total. The first-order valence-corrected chi connectivity index (χ1v) is 8.46. The number of nitrogens with one attached hydrogen (secondary N) is 1. The summed E-state index contributed by atoms with van der Waals surface area (Å²) in [6, 6.07) is 17.1. The third kappa shape index (κ3) is 3.82. The second-order valence-corrected chi connectivity index (χ2v) is 6.04. The van der Waals surface area contributed by atoms with E-state index in [4.69, 9.17) is 4.74 Å². The second-order valence-electron chi connectivity index (χ2n) is 6.04. The maximum absolute atomic E-state index is 12.6. The van der Waals surface area contributed by atoms with Gasteiger partial charge in [-0.25, -0.2) is 0 Å². The van der Waals surface area contributed by atoms with Crippen LogP contribution >= 0.6 is 0 Å². The summed E-state index contributed by atoms with van der Waals surface area (Å²) < 4.78 is 5.19. The molecule has 0 aliphatic carbocycles. The van der Waals surface area contributed by atoms with Gasteiger partial charge in [-0.2, -0.15) is 0 Å². The van der Waals surface area contributed by atoms with Gasteiger partial charge in [-0.15, -0.1) is 0 Å². The van der Waals surface area contributed by atoms with Gasteiger partial charge in [0.25, 0.3) is 5.91 Å². The summed E-state index contributed by atoms with van der Waals surface area (Å²) in [7, 11) is 1.52. The van der Waals surface area contributed by atoms with Gasteiger partial charge in [-0.3, -0.25) is 9.59 Å². The molecule has 1 heterocycles. The van der Waals surface area contributed by atoms with Gasteiger partial charge in [0.1, 0.15) is 5.75 Å². The Balaban J connectivity index is 1.63. The Morgan fingerprint density at radius 2 is 1.84 bits per heavy atom. The van der Waals surface area contributed by atoms with Crippen LogP contribution < -0.4 is 10.1 Å². The topological polar surface area (TPSA) is 58.6 Å². The Labute approximate surface area is 147 Å². The summed E-state index contributed by atoms with van der Waals surface area (Å²) in [5, 5.41) is 2.71. The second kappa shape index (κ2) is 7.83. The molecule has 2 amide bonds. The number of para-hydroxylation sites is 1. The van der Waals surface area contributed by atoms with Crippen LogP contribution in [-0.4, -0.2) is 36.9 Å². The van der Waals surface area contributed by atoms with E-state index in [2.05, 4.69) is 5.32 Å². The Morgan fingerprint density at radius 3 is 2.60 bits per heavy atom. The number of benzene rings is 2. The molecule has 1 aliphatic rings. The summed E-state index contributed by atoms with van der Waals surface area (Å²) in [6.45, 7) is 0.711. The first-order valence-electron chi connectivity index (χ1n) is 8.46. The van der Waals surface area contributed by atoms with Crippen molar-refractivity contribution in [2.24, 2.45) is 0 Å². The van der Waals surface area contributed by atoms with E-state index in [1.54, 1.807) is 24.3 Å². The number of hydrogen-bond donors (Lipinski definition) is 1. The summed E-state index contributed by atoms with van der Waals surface area (Å²) in [5.41, 5.74) is 1.57. The molecule has 1 aliphatic heterocycles. The molecule has 2 aromatic carbocycles. The number of methoxy groups -OCH3 is 1. The van der Waals surface area contributed by atoms with Crippen molar-refractivity contribution in [3.05, 3.63) is 65.7 Å². The monoisotopic (exact) mass is 338 g/mol. The predicted octanol–water partition coefficient (Wildman–Crippen LogP) is 2.79. The Bertz CT molecular complexity index is 746. The van der Waals surface area contributed by atoms with Gasteiger partial charge >= 0.3 is 0 Å². The number of likely N-dealkylation sites (tertiary alicyclic amines) is 1. The van der Waals surface area contributed by atoms with Gasteiger partial charge in [0.05, 0.1) is 25.3 Å². The summed E-state index contributed by atoms with van der Waals surface area (Å²) in [5.74, 6) is 0.131. The zero-order valence-electron chi connectivity index (χ0n) is 14.3. The SMILES string of the molecule is COc1ccccc1C(=O)NCC(=O)N1CCC[C@@H]1c1ccccc1. The molecular weight excluding hydrogens is 316 g/mol. The maximum atomic E-state index is 12.6. The van der Waals surface area contributed by atoms with Gasteiger partial charge in [0.15, 0.2) is 0 Å². The highest BCUT2D eigenvalue weighted by Gasteiger charge is 2.29. The lowest BCUT2D eigenvalue weighted by Crippen LogP contribution is -2.39. The molecule has 0 spiro atoms. The van der Waals surface area contributed by atoms with Crippen LogP contribution in [-0.2, 0) is 4.79 Å². The van der Waals surface area contributed by atoms with Crippen molar-refractivity contribution in [3.8, 4) is 5.75 Å². The zero-order chi connectivity index (χ0) is 17.6. The van der Waals surface area contributed by atoms with E-state index >= 15 is 0 Å². The van der Waals surface area contributed by atoms with Crippen molar-refractivity contribution in [1.82, 2.24) is 10.2 Å². The molecule has 25 heavy (non-hydrogen) atoms. The minimum absolute atomic E-state index is 0.0137. The Morgan fingerprint density at radius 1 is 1.12 bits per heavy atom. The van der Waals surface area contributed by atoms with Crippen LogP contribution in [0.4, 0.5) is 0 Å². The number of amides is 2. The molecule has 1 atom stereocenters. The van der Waals surface area contributed by atoms with Crippen molar-refractivity contribution in [2.45, 2.75) is 18.9 Å². The molecule has 0 bridgehead atoms. The number of hydrogen-bond acceptors (Lipinski definition) is 3. The fourth-order valence-corrected chi connectivity index (χ4v) is 3.27. The predicted molar refractivity (Wildman–Crippen MR) is 95.5 cm³/mol. The molecule has 1 fully saturated rings. The zero-order valence-corrected chi connectivity index (χ0v) is 14.3. The van der Waals surface area contributed by atoms with Crippen LogP contribution in [0.25, 0.3) is 0 Å². The van der Waals surface area contributed by atoms with Crippen molar-refractivity contribution >= 4 is 11.8 Å². The molecule has 130 valence electrons. The fourth-order valence-electron chi connectivity index (χ4n) is 3.27. The largest absolute Gasteiger partial charge is 0.496 e. The first kappa shape index (κ1) is 17.0. The minimum atomic E-state index is -0.304. The number of carbonyl (C=O) groups excluding carboxylic acids is 2.